The number of pyridine rings is 1. The van der Waals surface area contributed by atoms with Crippen molar-refractivity contribution < 1.29 is 4.79 Å². The number of carbonyl (C=O) groups excluding carboxylic acids is 1. The Kier molecular flexibility index (Phi) is 4.66. The van der Waals surface area contributed by atoms with Crippen LogP contribution in [0.5, 0.6) is 0 Å². The smallest absolute Gasteiger partial charge is 0.255 e. The average molecular weight is 327 g/mol. The molecule has 0 aliphatic heterocycles. The fourth-order valence-electron chi connectivity index (χ4n) is 3.58. The summed E-state index contributed by atoms with van der Waals surface area (Å²) < 4.78 is 0. The van der Waals surface area contributed by atoms with E-state index in [0.717, 1.165) is 43.3 Å². The third-order valence-corrected chi connectivity index (χ3v) is 5.30. The van der Waals surface area contributed by atoms with Crippen LogP contribution in [0.1, 0.15) is 68.6 Å². The summed E-state index contributed by atoms with van der Waals surface area (Å²) >= 11 is 0. The van der Waals surface area contributed by atoms with Crippen LogP contribution in [0.3, 0.4) is 0 Å². The molecule has 1 aliphatic rings. The van der Waals surface area contributed by atoms with E-state index < -0.39 is 0 Å². The van der Waals surface area contributed by atoms with Crippen molar-refractivity contribution in [3.8, 4) is 0 Å². The summed E-state index contributed by atoms with van der Waals surface area (Å²) in [4.78, 5) is 20.5. The summed E-state index contributed by atoms with van der Waals surface area (Å²) in [5.74, 6) is 0.668. The standard InChI is InChI=1S/C20H29N3O/c1-5-6-9-21-19(24)15-12-22-17-11-13-10-14(20(2,3)4)7-8-16(13)23-18(15)17/h11-12,14,22H,5-10H2,1-4H3,(H,21,24). The molecule has 4 heteroatoms. The Labute approximate surface area is 144 Å². The number of aryl methyl sites for hydroxylation is 1. The number of nitrogens with one attached hydrogen (secondary N) is 2. The van der Waals surface area contributed by atoms with Crippen LogP contribution in [-0.2, 0) is 12.8 Å². The van der Waals surface area contributed by atoms with Crippen molar-refractivity contribution in [3.05, 3.63) is 29.1 Å². The molecule has 1 amide bonds. The number of unbranched alkanes of at least 4 members (excludes halogenated alkanes) is 1. The van der Waals surface area contributed by atoms with Gasteiger partial charge in [-0.3, -0.25) is 9.78 Å². The second kappa shape index (κ2) is 6.58. The second-order valence-electron chi connectivity index (χ2n) is 8.11. The highest BCUT2D eigenvalue weighted by Crippen LogP contribution is 2.37. The first kappa shape index (κ1) is 17.0. The number of aromatic nitrogens is 2. The number of rotatable bonds is 4. The van der Waals surface area contributed by atoms with E-state index in [9.17, 15) is 4.79 Å². The van der Waals surface area contributed by atoms with Gasteiger partial charge in [-0.05, 0) is 48.6 Å². The first-order chi connectivity index (χ1) is 11.4. The lowest BCUT2D eigenvalue weighted by Crippen LogP contribution is -2.27. The molecule has 2 aromatic heterocycles. The summed E-state index contributed by atoms with van der Waals surface area (Å²) in [5, 5.41) is 2.99. The molecule has 0 saturated heterocycles. The molecular weight excluding hydrogens is 298 g/mol. The highest BCUT2D eigenvalue weighted by Gasteiger charge is 2.30. The average Bonchev–Trinajstić information content (AvgIpc) is 2.94. The van der Waals surface area contributed by atoms with E-state index in [1.165, 1.54) is 17.7 Å². The second-order valence-corrected chi connectivity index (χ2v) is 8.11. The summed E-state index contributed by atoms with van der Waals surface area (Å²) in [7, 11) is 0. The van der Waals surface area contributed by atoms with Gasteiger partial charge in [-0.2, -0.15) is 0 Å². The Balaban J connectivity index is 1.86. The molecule has 0 bridgehead atoms. The van der Waals surface area contributed by atoms with Crippen LogP contribution in [0.15, 0.2) is 12.3 Å². The number of nitrogens with zero attached hydrogens (tertiary/aromatic N) is 1. The molecule has 3 rings (SSSR count). The van der Waals surface area contributed by atoms with Crippen molar-refractivity contribution in [1.82, 2.24) is 15.3 Å². The quantitative estimate of drug-likeness (QED) is 0.825. The first-order valence-electron chi connectivity index (χ1n) is 9.18. The number of amides is 1. The van der Waals surface area contributed by atoms with Crippen molar-refractivity contribution in [2.75, 3.05) is 6.54 Å². The van der Waals surface area contributed by atoms with Gasteiger partial charge in [-0.25, -0.2) is 0 Å². The van der Waals surface area contributed by atoms with Gasteiger partial charge >= 0.3 is 0 Å². The molecule has 2 N–H and O–H groups in total. The summed E-state index contributed by atoms with van der Waals surface area (Å²) in [6, 6.07) is 2.21. The Morgan fingerprint density at radius 2 is 2.21 bits per heavy atom. The van der Waals surface area contributed by atoms with Gasteiger partial charge in [0.15, 0.2) is 0 Å². The Morgan fingerprint density at radius 3 is 2.92 bits per heavy atom. The van der Waals surface area contributed by atoms with Crippen LogP contribution in [0.25, 0.3) is 11.0 Å². The van der Waals surface area contributed by atoms with E-state index in [4.69, 9.17) is 4.98 Å². The number of aromatic amines is 1. The van der Waals surface area contributed by atoms with Crippen LogP contribution in [0.4, 0.5) is 0 Å². The molecule has 0 fully saturated rings. The molecule has 4 nitrogen and oxygen atoms in total. The van der Waals surface area contributed by atoms with Gasteiger partial charge in [0.1, 0.15) is 5.52 Å². The first-order valence-corrected chi connectivity index (χ1v) is 9.18. The molecule has 0 radical (unpaired) electrons. The van der Waals surface area contributed by atoms with E-state index >= 15 is 0 Å². The maximum Gasteiger partial charge on any atom is 0.255 e. The van der Waals surface area contributed by atoms with Crippen molar-refractivity contribution in [3.63, 3.8) is 0 Å². The minimum atomic E-state index is -0.0227. The molecule has 1 aliphatic carbocycles. The van der Waals surface area contributed by atoms with Crippen molar-refractivity contribution >= 4 is 16.9 Å². The monoisotopic (exact) mass is 327 g/mol. The highest BCUT2D eigenvalue weighted by atomic mass is 16.1. The van der Waals surface area contributed by atoms with Crippen LogP contribution < -0.4 is 5.32 Å². The van der Waals surface area contributed by atoms with Gasteiger partial charge in [-0.1, -0.05) is 34.1 Å². The number of H-pyrrole nitrogens is 1. The van der Waals surface area contributed by atoms with E-state index in [1.54, 1.807) is 6.20 Å². The number of hydrogen-bond acceptors (Lipinski definition) is 2. The van der Waals surface area contributed by atoms with E-state index in [2.05, 4.69) is 44.1 Å². The molecular formula is C20H29N3O. The van der Waals surface area contributed by atoms with Gasteiger partial charge in [0, 0.05) is 18.4 Å². The Hall–Kier alpha value is -1.84. The van der Waals surface area contributed by atoms with Gasteiger partial charge in [0.05, 0.1) is 11.1 Å². The SMILES string of the molecule is CCCCNC(=O)c1c[nH]c2cc3c(nc12)CCC(C(C)(C)C)C3. The molecule has 130 valence electrons. The molecule has 24 heavy (non-hydrogen) atoms. The molecule has 2 heterocycles. The fourth-order valence-corrected chi connectivity index (χ4v) is 3.58. The lowest BCUT2D eigenvalue weighted by atomic mass is 9.71. The van der Waals surface area contributed by atoms with E-state index in [-0.39, 0.29) is 5.91 Å². The van der Waals surface area contributed by atoms with Crippen LogP contribution >= 0.6 is 0 Å². The molecule has 0 spiro atoms. The van der Waals surface area contributed by atoms with Gasteiger partial charge in [0.25, 0.3) is 5.91 Å². The summed E-state index contributed by atoms with van der Waals surface area (Å²) in [6.07, 6.45) is 7.15. The van der Waals surface area contributed by atoms with Crippen molar-refractivity contribution in [2.45, 2.75) is 59.8 Å². The van der Waals surface area contributed by atoms with Gasteiger partial charge in [0.2, 0.25) is 0 Å². The third-order valence-electron chi connectivity index (χ3n) is 5.30. The third kappa shape index (κ3) is 3.33. The maximum atomic E-state index is 12.4. The van der Waals surface area contributed by atoms with Crippen molar-refractivity contribution in [2.24, 2.45) is 11.3 Å². The Morgan fingerprint density at radius 1 is 1.42 bits per heavy atom. The topological polar surface area (TPSA) is 57.8 Å². The maximum absolute atomic E-state index is 12.4. The fraction of sp³-hybridized carbons (Fsp3) is 0.600. The minimum absolute atomic E-state index is 0.0227. The summed E-state index contributed by atoms with van der Waals surface area (Å²) in [5.41, 5.74) is 5.30. The molecule has 2 aromatic rings. The van der Waals surface area contributed by atoms with Crippen molar-refractivity contribution in [1.29, 1.82) is 0 Å². The van der Waals surface area contributed by atoms with Crippen LogP contribution in [-0.4, -0.2) is 22.4 Å². The highest BCUT2D eigenvalue weighted by molar-refractivity contribution is 6.05. The van der Waals surface area contributed by atoms with E-state index in [0.29, 0.717) is 16.9 Å². The molecule has 1 atom stereocenters. The minimum Gasteiger partial charge on any atom is -0.359 e. The van der Waals surface area contributed by atoms with Crippen LogP contribution in [0, 0.1) is 11.3 Å². The normalized spacial score (nSPS) is 17.8. The number of carbonyl (C=O) groups is 1. The van der Waals surface area contributed by atoms with Crippen LogP contribution in [0.2, 0.25) is 0 Å². The largest absolute Gasteiger partial charge is 0.359 e. The zero-order chi connectivity index (χ0) is 17.3. The summed E-state index contributed by atoms with van der Waals surface area (Å²) in [6.45, 7) is 9.81. The molecule has 0 aromatic carbocycles. The van der Waals surface area contributed by atoms with E-state index in [1.807, 2.05) is 0 Å². The Bertz CT molecular complexity index is 739. The molecule has 0 saturated carbocycles. The molecule has 1 unspecified atom stereocenters. The van der Waals surface area contributed by atoms with Gasteiger partial charge < -0.3 is 10.3 Å². The number of hydrogen-bond donors (Lipinski definition) is 2. The zero-order valence-electron chi connectivity index (χ0n) is 15.3. The zero-order valence-corrected chi connectivity index (χ0v) is 15.3. The van der Waals surface area contributed by atoms with Gasteiger partial charge in [-0.15, -0.1) is 0 Å². The lowest BCUT2D eigenvalue weighted by Gasteiger charge is -2.34. The predicted molar refractivity (Wildman–Crippen MR) is 98.3 cm³/mol. The predicted octanol–water partition coefficient (Wildman–Crippen LogP) is 4.24. The number of fused-ring (bicyclic) bond motifs is 2. The lowest BCUT2D eigenvalue weighted by molar-refractivity contribution is 0.0954.